The molecule has 0 spiro atoms. The molecule has 0 atom stereocenters. The lowest BCUT2D eigenvalue weighted by atomic mass is 9.95. The third kappa shape index (κ3) is 3.98. The summed E-state index contributed by atoms with van der Waals surface area (Å²) in [6.07, 6.45) is 10.5. The zero-order valence-electron chi connectivity index (χ0n) is 15.5. The number of pyridine rings is 1. The summed E-state index contributed by atoms with van der Waals surface area (Å²) in [7, 11) is 0. The number of aromatic amines is 1. The van der Waals surface area contributed by atoms with E-state index in [-0.39, 0.29) is 11.4 Å². The number of H-pyrrole nitrogens is 1. The van der Waals surface area contributed by atoms with Crippen molar-refractivity contribution in [3.63, 3.8) is 0 Å². The van der Waals surface area contributed by atoms with E-state index in [0.717, 1.165) is 24.1 Å². The molecule has 0 radical (unpaired) electrons. The number of nitrogens with one attached hydrogen (secondary N) is 4. The van der Waals surface area contributed by atoms with E-state index in [1.807, 2.05) is 30.3 Å². The van der Waals surface area contributed by atoms with Crippen LogP contribution in [0.5, 0.6) is 0 Å². The molecule has 4 rings (SSSR count). The van der Waals surface area contributed by atoms with Gasteiger partial charge in [-0.15, -0.1) is 0 Å². The molecule has 0 saturated heterocycles. The maximum atomic E-state index is 12.4. The molecule has 28 heavy (non-hydrogen) atoms. The predicted molar refractivity (Wildman–Crippen MR) is 110 cm³/mol. The van der Waals surface area contributed by atoms with Crippen LogP contribution in [0.1, 0.15) is 37.7 Å². The van der Waals surface area contributed by atoms with E-state index < -0.39 is 0 Å². The average Bonchev–Trinajstić information content (AvgIpc) is 3.24. The molecule has 2 heterocycles. The zero-order chi connectivity index (χ0) is 19.3. The van der Waals surface area contributed by atoms with Gasteiger partial charge in [0.05, 0.1) is 11.9 Å². The van der Waals surface area contributed by atoms with Gasteiger partial charge in [-0.3, -0.25) is 10.2 Å². The van der Waals surface area contributed by atoms with Crippen molar-refractivity contribution < 1.29 is 4.42 Å². The Hall–Kier alpha value is -3.35. The Morgan fingerprint density at radius 1 is 1.14 bits per heavy atom. The van der Waals surface area contributed by atoms with Crippen molar-refractivity contribution in [1.29, 1.82) is 5.41 Å². The van der Waals surface area contributed by atoms with Crippen LogP contribution in [0.15, 0.2) is 58.3 Å². The highest BCUT2D eigenvalue weighted by Gasteiger charge is 2.18. The highest BCUT2D eigenvalue weighted by molar-refractivity contribution is 6.09. The van der Waals surface area contributed by atoms with Gasteiger partial charge in [0, 0.05) is 23.5 Å². The van der Waals surface area contributed by atoms with Crippen molar-refractivity contribution in [2.45, 2.75) is 38.1 Å². The molecule has 0 bridgehead atoms. The van der Waals surface area contributed by atoms with Crippen molar-refractivity contribution in [2.75, 3.05) is 10.6 Å². The lowest BCUT2D eigenvalue weighted by molar-refractivity contribution is 0.462. The van der Waals surface area contributed by atoms with Crippen LogP contribution in [0.25, 0.3) is 11.3 Å². The van der Waals surface area contributed by atoms with Gasteiger partial charge in [-0.05, 0) is 43.2 Å². The molecule has 1 aliphatic rings. The van der Waals surface area contributed by atoms with E-state index in [4.69, 9.17) is 9.83 Å². The second kappa shape index (κ2) is 8.12. The van der Waals surface area contributed by atoms with Crippen LogP contribution in [0.3, 0.4) is 0 Å². The van der Waals surface area contributed by atoms with Crippen LogP contribution in [0.2, 0.25) is 0 Å². The molecule has 1 fully saturated rings. The molecule has 7 nitrogen and oxygen atoms in total. The highest BCUT2D eigenvalue weighted by Crippen LogP contribution is 2.24. The molecule has 3 aromatic rings. The Labute approximate surface area is 162 Å². The Bertz CT molecular complexity index is 986. The van der Waals surface area contributed by atoms with E-state index in [9.17, 15) is 4.79 Å². The summed E-state index contributed by atoms with van der Waals surface area (Å²) in [5, 5.41) is 15.0. The molecule has 0 amide bonds. The van der Waals surface area contributed by atoms with Crippen LogP contribution in [0.4, 0.5) is 11.4 Å². The number of amidine groups is 1. The molecule has 0 unspecified atom stereocenters. The minimum Gasteiger partial charge on any atom is -0.444 e. The van der Waals surface area contributed by atoms with Crippen molar-refractivity contribution in [3.05, 3.63) is 65.0 Å². The first-order chi connectivity index (χ1) is 13.7. The van der Waals surface area contributed by atoms with E-state index in [0.29, 0.717) is 23.1 Å². The minimum absolute atomic E-state index is 0.0626. The Balaban J connectivity index is 1.52. The number of anilines is 2. The molecule has 7 heteroatoms. The van der Waals surface area contributed by atoms with E-state index >= 15 is 0 Å². The molecule has 2 aromatic heterocycles. The average molecular weight is 377 g/mol. The minimum atomic E-state index is -0.281. The zero-order valence-corrected chi connectivity index (χ0v) is 15.5. The number of aromatic nitrogens is 2. The standard InChI is InChI=1S/C21H23N5O2/c22-20(26-16-8-6-14(7-9-16)18-12-23-13-28-18)19-17(10-11-24-21(19)27)25-15-4-2-1-3-5-15/h6-13,15H,1-5H2,(H2,22,26)(H2,24,25,27). The van der Waals surface area contributed by atoms with E-state index in [1.165, 1.54) is 25.7 Å². The summed E-state index contributed by atoms with van der Waals surface area (Å²) in [4.78, 5) is 19.0. The number of benzene rings is 1. The van der Waals surface area contributed by atoms with Gasteiger partial charge < -0.3 is 20.0 Å². The summed E-state index contributed by atoms with van der Waals surface area (Å²) >= 11 is 0. The van der Waals surface area contributed by atoms with Gasteiger partial charge in [0.15, 0.2) is 12.2 Å². The van der Waals surface area contributed by atoms with Crippen molar-refractivity contribution >= 4 is 17.2 Å². The SMILES string of the molecule is N=C(Nc1ccc(-c2cnco2)cc1)c1c(NC2CCCCC2)cc[nH]c1=O. The third-order valence-electron chi connectivity index (χ3n) is 5.05. The van der Waals surface area contributed by atoms with Gasteiger partial charge in [0.1, 0.15) is 11.4 Å². The van der Waals surface area contributed by atoms with Gasteiger partial charge >= 0.3 is 0 Å². The summed E-state index contributed by atoms with van der Waals surface area (Å²) in [6, 6.07) is 9.63. The summed E-state index contributed by atoms with van der Waals surface area (Å²) in [6.45, 7) is 0. The van der Waals surface area contributed by atoms with Crippen molar-refractivity contribution in [2.24, 2.45) is 0 Å². The molecular formula is C21H23N5O2. The number of rotatable bonds is 5. The van der Waals surface area contributed by atoms with Crippen molar-refractivity contribution in [1.82, 2.24) is 9.97 Å². The fourth-order valence-electron chi connectivity index (χ4n) is 3.60. The fraction of sp³-hybridized carbons (Fsp3) is 0.286. The molecule has 144 valence electrons. The summed E-state index contributed by atoms with van der Waals surface area (Å²) in [5.41, 5.74) is 2.36. The lowest BCUT2D eigenvalue weighted by Crippen LogP contribution is -2.29. The highest BCUT2D eigenvalue weighted by atomic mass is 16.3. The first-order valence-corrected chi connectivity index (χ1v) is 9.54. The molecule has 1 aromatic carbocycles. The summed E-state index contributed by atoms with van der Waals surface area (Å²) in [5.74, 6) is 0.743. The monoisotopic (exact) mass is 377 g/mol. The van der Waals surface area contributed by atoms with Crippen LogP contribution in [-0.4, -0.2) is 21.8 Å². The Morgan fingerprint density at radius 2 is 1.93 bits per heavy atom. The normalized spacial score (nSPS) is 14.6. The second-order valence-electron chi connectivity index (χ2n) is 7.02. The van der Waals surface area contributed by atoms with E-state index in [1.54, 1.807) is 12.4 Å². The maximum absolute atomic E-state index is 12.4. The number of oxazole rings is 1. The smallest absolute Gasteiger partial charge is 0.261 e. The number of hydrogen-bond acceptors (Lipinski definition) is 5. The molecule has 1 saturated carbocycles. The summed E-state index contributed by atoms with van der Waals surface area (Å²) < 4.78 is 5.29. The molecule has 4 N–H and O–H groups in total. The number of hydrogen-bond donors (Lipinski definition) is 4. The third-order valence-corrected chi connectivity index (χ3v) is 5.05. The Morgan fingerprint density at radius 3 is 2.64 bits per heavy atom. The van der Waals surface area contributed by atoms with Gasteiger partial charge in [-0.1, -0.05) is 19.3 Å². The number of nitrogens with zero attached hydrogens (tertiary/aromatic N) is 1. The van der Waals surface area contributed by atoms with Gasteiger partial charge in [-0.25, -0.2) is 4.98 Å². The fourth-order valence-corrected chi connectivity index (χ4v) is 3.60. The van der Waals surface area contributed by atoms with Gasteiger partial charge in [-0.2, -0.15) is 0 Å². The maximum Gasteiger partial charge on any atom is 0.261 e. The first-order valence-electron chi connectivity index (χ1n) is 9.54. The van der Waals surface area contributed by atoms with E-state index in [2.05, 4.69) is 20.6 Å². The molecule has 1 aliphatic carbocycles. The van der Waals surface area contributed by atoms with Gasteiger partial charge in [0.25, 0.3) is 5.56 Å². The quantitative estimate of drug-likeness (QED) is 0.393. The predicted octanol–water partition coefficient (Wildman–Crippen LogP) is 4.21. The van der Waals surface area contributed by atoms with Crippen LogP contribution in [-0.2, 0) is 0 Å². The van der Waals surface area contributed by atoms with Gasteiger partial charge in [0.2, 0.25) is 0 Å². The molecular weight excluding hydrogens is 354 g/mol. The Kier molecular flexibility index (Phi) is 5.23. The largest absolute Gasteiger partial charge is 0.444 e. The van der Waals surface area contributed by atoms with Crippen molar-refractivity contribution in [3.8, 4) is 11.3 Å². The van der Waals surface area contributed by atoms with Crippen LogP contribution >= 0.6 is 0 Å². The first kappa shape index (κ1) is 18.0. The van der Waals surface area contributed by atoms with Crippen LogP contribution < -0.4 is 16.2 Å². The van der Waals surface area contributed by atoms with Crippen LogP contribution in [0, 0.1) is 5.41 Å². The molecule has 0 aliphatic heterocycles. The second-order valence-corrected chi connectivity index (χ2v) is 7.02. The topological polar surface area (TPSA) is 107 Å². The lowest BCUT2D eigenvalue weighted by Gasteiger charge is -2.25.